The zero-order valence-corrected chi connectivity index (χ0v) is 19.7. The van der Waals surface area contributed by atoms with E-state index in [-0.39, 0.29) is 0 Å². The normalized spacial score (nSPS) is 10.8. The number of aryl methyl sites for hydroxylation is 3. The second kappa shape index (κ2) is 12.4. The maximum Gasteiger partial charge on any atom is 0.530 e. The van der Waals surface area contributed by atoms with E-state index < -0.39 is 8.60 Å². The summed E-state index contributed by atoms with van der Waals surface area (Å²) in [5.74, 6) is 2.31. The molecule has 0 heterocycles. The van der Waals surface area contributed by atoms with Crippen LogP contribution in [0.4, 0.5) is 0 Å². The van der Waals surface area contributed by atoms with Gasteiger partial charge in [-0.15, -0.1) is 0 Å². The topological polar surface area (TPSA) is 27.7 Å². The molecular weight excluding hydrogens is 403 g/mol. The van der Waals surface area contributed by atoms with E-state index in [4.69, 9.17) is 13.6 Å². The van der Waals surface area contributed by atoms with E-state index >= 15 is 0 Å². The lowest BCUT2D eigenvalue weighted by Gasteiger charge is -2.19. The summed E-state index contributed by atoms with van der Waals surface area (Å²) in [7, 11) is -1.65. The standard InChI is InChI=1S/C27H33O3P/c1-4-10-22-13-7-16-25(19-22)28-31(29-26-17-8-14-23(20-26)11-5-2)30-27-18-9-15-24(21-27)12-6-3/h7-9,13-21H,4-6,10-12H2,1-3H3. The average molecular weight is 437 g/mol. The first-order valence-corrected chi connectivity index (χ1v) is 12.4. The molecule has 0 aliphatic carbocycles. The minimum atomic E-state index is -1.65. The van der Waals surface area contributed by atoms with Crippen LogP contribution in [0.1, 0.15) is 56.7 Å². The zero-order chi connectivity index (χ0) is 21.9. The molecule has 0 saturated carbocycles. The molecule has 3 aromatic carbocycles. The van der Waals surface area contributed by atoms with E-state index in [2.05, 4.69) is 57.2 Å². The van der Waals surface area contributed by atoms with Gasteiger partial charge in [0.2, 0.25) is 0 Å². The van der Waals surface area contributed by atoms with Crippen LogP contribution < -0.4 is 13.6 Å². The Hall–Kier alpha value is -2.51. The molecule has 164 valence electrons. The third-order valence-corrected chi connectivity index (χ3v) is 5.93. The summed E-state index contributed by atoms with van der Waals surface area (Å²) in [6.45, 7) is 6.54. The van der Waals surface area contributed by atoms with Crippen LogP contribution in [0, 0.1) is 0 Å². The highest BCUT2D eigenvalue weighted by Gasteiger charge is 2.20. The Morgan fingerprint density at radius 3 is 1.13 bits per heavy atom. The SMILES string of the molecule is CCCc1cccc(OP(Oc2cccc(CCC)c2)Oc2cccc(CCC)c2)c1. The van der Waals surface area contributed by atoms with Gasteiger partial charge in [0.05, 0.1) is 0 Å². The van der Waals surface area contributed by atoms with Gasteiger partial charge in [-0.2, -0.15) is 0 Å². The van der Waals surface area contributed by atoms with Gasteiger partial charge in [0.15, 0.2) is 0 Å². The molecular formula is C27H33O3P. The summed E-state index contributed by atoms with van der Waals surface area (Å²) >= 11 is 0. The van der Waals surface area contributed by atoms with E-state index in [1.54, 1.807) is 0 Å². The lowest BCUT2D eigenvalue weighted by Crippen LogP contribution is -2.03. The Kier molecular flexibility index (Phi) is 9.24. The van der Waals surface area contributed by atoms with Gasteiger partial charge in [-0.25, -0.2) is 0 Å². The molecule has 3 nitrogen and oxygen atoms in total. The van der Waals surface area contributed by atoms with Crippen LogP contribution in [-0.2, 0) is 19.3 Å². The fourth-order valence-electron chi connectivity index (χ4n) is 3.45. The van der Waals surface area contributed by atoms with Gasteiger partial charge in [0, 0.05) is 0 Å². The molecule has 31 heavy (non-hydrogen) atoms. The largest absolute Gasteiger partial charge is 0.530 e. The molecule has 3 aromatic rings. The molecule has 0 N–H and O–H groups in total. The Labute approximate surface area is 188 Å². The van der Waals surface area contributed by atoms with Crippen molar-refractivity contribution < 1.29 is 13.6 Å². The summed E-state index contributed by atoms with van der Waals surface area (Å²) in [5, 5.41) is 0. The van der Waals surface area contributed by atoms with E-state index in [1.807, 2.05) is 36.4 Å². The summed E-state index contributed by atoms with van der Waals surface area (Å²) in [4.78, 5) is 0. The van der Waals surface area contributed by atoms with Crippen LogP contribution in [0.15, 0.2) is 72.8 Å². The zero-order valence-electron chi connectivity index (χ0n) is 18.8. The third kappa shape index (κ3) is 7.60. The van der Waals surface area contributed by atoms with Gasteiger partial charge in [0.1, 0.15) is 17.2 Å². The van der Waals surface area contributed by atoms with Crippen LogP contribution in [0.5, 0.6) is 17.2 Å². The number of rotatable bonds is 12. The molecule has 4 heteroatoms. The molecule has 0 unspecified atom stereocenters. The van der Waals surface area contributed by atoms with Gasteiger partial charge in [0.25, 0.3) is 0 Å². The minimum absolute atomic E-state index is 0.770. The van der Waals surface area contributed by atoms with Crippen molar-refractivity contribution in [3.63, 3.8) is 0 Å². The highest BCUT2D eigenvalue weighted by atomic mass is 31.2. The predicted octanol–water partition coefficient (Wildman–Crippen LogP) is 8.31. The molecule has 3 rings (SSSR count). The summed E-state index contributed by atoms with van der Waals surface area (Å²) in [6.07, 6.45) is 6.36. The van der Waals surface area contributed by atoms with Gasteiger partial charge >= 0.3 is 8.60 Å². The van der Waals surface area contributed by atoms with Crippen LogP contribution in [-0.4, -0.2) is 0 Å². The van der Waals surface area contributed by atoms with E-state index in [0.717, 1.165) is 55.8 Å². The Balaban J connectivity index is 1.81. The maximum absolute atomic E-state index is 6.23. The monoisotopic (exact) mass is 436 g/mol. The van der Waals surface area contributed by atoms with Crippen LogP contribution in [0.2, 0.25) is 0 Å². The van der Waals surface area contributed by atoms with Crippen molar-refractivity contribution in [2.24, 2.45) is 0 Å². The third-order valence-electron chi connectivity index (χ3n) is 4.85. The fourth-order valence-corrected chi connectivity index (χ4v) is 4.42. The maximum atomic E-state index is 6.23. The van der Waals surface area contributed by atoms with Crippen LogP contribution >= 0.6 is 8.60 Å². The van der Waals surface area contributed by atoms with Gasteiger partial charge < -0.3 is 13.6 Å². The highest BCUT2D eigenvalue weighted by Crippen LogP contribution is 2.42. The predicted molar refractivity (Wildman–Crippen MR) is 130 cm³/mol. The van der Waals surface area contributed by atoms with Crippen molar-refractivity contribution in [3.8, 4) is 17.2 Å². The highest BCUT2D eigenvalue weighted by molar-refractivity contribution is 7.43. The first kappa shape index (κ1) is 23.2. The van der Waals surface area contributed by atoms with Crippen molar-refractivity contribution in [1.29, 1.82) is 0 Å². The molecule has 0 radical (unpaired) electrons. The smallest absolute Gasteiger partial charge is 0.408 e. The van der Waals surface area contributed by atoms with Crippen molar-refractivity contribution in [2.75, 3.05) is 0 Å². The minimum Gasteiger partial charge on any atom is -0.408 e. The molecule has 0 amide bonds. The van der Waals surface area contributed by atoms with Gasteiger partial charge in [-0.1, -0.05) is 76.4 Å². The van der Waals surface area contributed by atoms with Gasteiger partial charge in [-0.05, 0) is 72.4 Å². The first-order valence-electron chi connectivity index (χ1n) is 11.3. The Morgan fingerprint density at radius 2 is 0.839 bits per heavy atom. The Bertz CT molecular complexity index is 819. The average Bonchev–Trinajstić information content (AvgIpc) is 2.75. The molecule has 0 bridgehead atoms. The quantitative estimate of drug-likeness (QED) is 0.267. The molecule has 0 aromatic heterocycles. The number of benzene rings is 3. The number of hydrogen-bond donors (Lipinski definition) is 0. The molecule has 0 fully saturated rings. The second-order valence-electron chi connectivity index (χ2n) is 7.69. The molecule has 0 aliphatic heterocycles. The van der Waals surface area contributed by atoms with Crippen molar-refractivity contribution in [2.45, 2.75) is 59.3 Å². The number of hydrogen-bond acceptors (Lipinski definition) is 3. The van der Waals surface area contributed by atoms with E-state index in [1.165, 1.54) is 16.7 Å². The molecule has 0 saturated heterocycles. The molecule has 0 spiro atoms. The lowest BCUT2D eigenvalue weighted by molar-refractivity contribution is 0.387. The lowest BCUT2D eigenvalue weighted by atomic mass is 10.1. The summed E-state index contributed by atoms with van der Waals surface area (Å²) in [6, 6.07) is 24.6. The summed E-state index contributed by atoms with van der Waals surface area (Å²) < 4.78 is 18.7. The van der Waals surface area contributed by atoms with Crippen molar-refractivity contribution in [1.82, 2.24) is 0 Å². The Morgan fingerprint density at radius 1 is 0.516 bits per heavy atom. The molecule has 0 aliphatic rings. The first-order chi connectivity index (χ1) is 15.2. The second-order valence-corrected chi connectivity index (χ2v) is 8.68. The van der Waals surface area contributed by atoms with Crippen molar-refractivity contribution >= 4 is 8.60 Å². The van der Waals surface area contributed by atoms with E-state index in [9.17, 15) is 0 Å². The van der Waals surface area contributed by atoms with Crippen LogP contribution in [0.3, 0.4) is 0 Å². The fraction of sp³-hybridized carbons (Fsp3) is 0.333. The van der Waals surface area contributed by atoms with Crippen LogP contribution in [0.25, 0.3) is 0 Å². The summed E-state index contributed by atoms with van der Waals surface area (Å²) in [5.41, 5.74) is 3.76. The van der Waals surface area contributed by atoms with Gasteiger partial charge in [-0.3, -0.25) is 0 Å². The van der Waals surface area contributed by atoms with E-state index in [0.29, 0.717) is 0 Å². The van der Waals surface area contributed by atoms with Crippen molar-refractivity contribution in [3.05, 3.63) is 89.5 Å². The molecule has 0 atom stereocenters.